The zero-order chi connectivity index (χ0) is 13.4. The molecule has 1 aliphatic rings. The smallest absolute Gasteiger partial charge is 0.244 e. The molecule has 0 bridgehead atoms. The summed E-state index contributed by atoms with van der Waals surface area (Å²) >= 11 is 0. The monoisotopic (exact) mass is 269 g/mol. The summed E-state index contributed by atoms with van der Waals surface area (Å²) in [6.07, 6.45) is 3.71. The second-order valence-electron chi connectivity index (χ2n) is 5.40. The molecule has 2 rings (SSSR count). The van der Waals surface area contributed by atoms with Gasteiger partial charge in [-0.15, -0.1) is 0 Å². The quantitative estimate of drug-likeness (QED) is 0.862. The largest absolute Gasteiger partial charge is 0.326 e. The minimum Gasteiger partial charge on any atom is -0.326 e. The van der Waals surface area contributed by atoms with Crippen LogP contribution in [0.5, 0.6) is 0 Å². The van der Waals surface area contributed by atoms with Crippen LogP contribution in [-0.4, -0.2) is 36.8 Å². The first-order chi connectivity index (χ1) is 8.34. The number of rotatable bonds is 2. The van der Waals surface area contributed by atoms with Crippen molar-refractivity contribution in [3.8, 4) is 0 Å². The molecule has 6 heteroatoms. The van der Waals surface area contributed by atoms with Crippen LogP contribution >= 0.6 is 0 Å². The van der Waals surface area contributed by atoms with Gasteiger partial charge in [-0.05, 0) is 24.0 Å². The van der Waals surface area contributed by atoms with Crippen LogP contribution in [0.1, 0.15) is 20.3 Å². The van der Waals surface area contributed by atoms with E-state index in [1.54, 1.807) is 18.3 Å². The molecule has 2 N–H and O–H groups in total. The molecule has 0 spiro atoms. The molecule has 0 aromatic carbocycles. The maximum Gasteiger partial charge on any atom is 0.244 e. The zero-order valence-electron chi connectivity index (χ0n) is 10.7. The normalized spacial score (nSPS) is 24.9. The first-order valence-corrected chi connectivity index (χ1v) is 7.44. The van der Waals surface area contributed by atoms with Crippen molar-refractivity contribution in [2.75, 3.05) is 13.1 Å². The molecule has 1 fully saturated rings. The van der Waals surface area contributed by atoms with Crippen LogP contribution in [0.25, 0.3) is 0 Å². The topological polar surface area (TPSA) is 76.3 Å². The van der Waals surface area contributed by atoms with Gasteiger partial charge in [0.15, 0.2) is 0 Å². The Balaban J connectivity index is 2.24. The summed E-state index contributed by atoms with van der Waals surface area (Å²) in [7, 11) is -3.45. The Bertz CT molecular complexity index is 513. The summed E-state index contributed by atoms with van der Waals surface area (Å²) in [6, 6.07) is 3.05. The van der Waals surface area contributed by atoms with Crippen molar-refractivity contribution in [1.82, 2.24) is 9.29 Å². The Labute approximate surface area is 108 Å². The minimum absolute atomic E-state index is 0.0129. The lowest BCUT2D eigenvalue weighted by Gasteiger charge is -2.41. The van der Waals surface area contributed by atoms with Crippen molar-refractivity contribution >= 4 is 10.0 Å². The van der Waals surface area contributed by atoms with Gasteiger partial charge in [-0.2, -0.15) is 4.31 Å². The lowest BCUT2D eigenvalue weighted by atomic mass is 9.79. The fourth-order valence-electron chi connectivity index (χ4n) is 2.02. The highest BCUT2D eigenvalue weighted by molar-refractivity contribution is 7.89. The summed E-state index contributed by atoms with van der Waals surface area (Å²) in [6.45, 7) is 5.03. The zero-order valence-corrected chi connectivity index (χ0v) is 11.5. The molecule has 18 heavy (non-hydrogen) atoms. The Hall–Kier alpha value is -0.980. The van der Waals surface area contributed by atoms with E-state index in [2.05, 4.69) is 18.8 Å². The summed E-state index contributed by atoms with van der Waals surface area (Å²) in [4.78, 5) is 4.09. The van der Waals surface area contributed by atoms with Gasteiger partial charge in [0.05, 0.1) is 0 Å². The molecule has 100 valence electrons. The van der Waals surface area contributed by atoms with Crippen molar-refractivity contribution in [3.63, 3.8) is 0 Å². The Morgan fingerprint density at radius 2 is 2.22 bits per heavy atom. The molecule has 0 amide bonds. The Morgan fingerprint density at radius 3 is 2.78 bits per heavy atom. The Morgan fingerprint density at radius 1 is 1.50 bits per heavy atom. The van der Waals surface area contributed by atoms with Gasteiger partial charge in [0.25, 0.3) is 0 Å². The summed E-state index contributed by atoms with van der Waals surface area (Å²) in [5, 5.41) is 0. The van der Waals surface area contributed by atoms with E-state index in [4.69, 9.17) is 5.73 Å². The third kappa shape index (κ3) is 2.41. The molecule has 1 aliphatic heterocycles. The van der Waals surface area contributed by atoms with Crippen molar-refractivity contribution in [2.24, 2.45) is 11.1 Å². The van der Waals surface area contributed by atoms with Gasteiger partial charge in [-0.25, -0.2) is 8.42 Å². The number of sulfonamides is 1. The van der Waals surface area contributed by atoms with E-state index >= 15 is 0 Å². The van der Waals surface area contributed by atoms with Crippen LogP contribution in [0.2, 0.25) is 0 Å². The predicted molar refractivity (Wildman–Crippen MR) is 69.4 cm³/mol. The van der Waals surface area contributed by atoms with E-state index in [1.807, 2.05) is 0 Å². The first-order valence-electron chi connectivity index (χ1n) is 6.00. The molecular weight excluding hydrogens is 250 g/mol. The summed E-state index contributed by atoms with van der Waals surface area (Å²) in [5.41, 5.74) is 6.04. The predicted octanol–water partition coefficient (Wildman–Crippen LogP) is 0.830. The number of aromatic nitrogens is 1. The van der Waals surface area contributed by atoms with Gasteiger partial charge in [0, 0.05) is 31.5 Å². The van der Waals surface area contributed by atoms with Gasteiger partial charge in [-0.3, -0.25) is 4.98 Å². The van der Waals surface area contributed by atoms with Crippen LogP contribution in [0, 0.1) is 5.41 Å². The second-order valence-corrected chi connectivity index (χ2v) is 7.33. The first kappa shape index (κ1) is 13.5. The number of pyridine rings is 1. The van der Waals surface area contributed by atoms with Crippen molar-refractivity contribution < 1.29 is 8.42 Å². The molecule has 0 aliphatic carbocycles. The second kappa shape index (κ2) is 4.60. The highest BCUT2D eigenvalue weighted by atomic mass is 32.2. The van der Waals surface area contributed by atoms with E-state index in [0.717, 1.165) is 6.42 Å². The summed E-state index contributed by atoms with van der Waals surface area (Å²) < 4.78 is 26.2. The fourth-order valence-corrected chi connectivity index (χ4v) is 3.45. The third-order valence-corrected chi connectivity index (χ3v) is 5.53. The van der Waals surface area contributed by atoms with Gasteiger partial charge >= 0.3 is 0 Å². The molecule has 0 radical (unpaired) electrons. The maximum atomic E-state index is 12.4. The van der Waals surface area contributed by atoms with E-state index < -0.39 is 10.0 Å². The molecule has 5 nitrogen and oxygen atoms in total. The molecule has 1 aromatic rings. The standard InChI is InChI=1S/C12H19N3O2S/c1-12(2)5-7-15(9-11(12)13)18(16,17)10-4-3-6-14-8-10/h3-4,6,8,11H,5,7,9,13H2,1-2H3. The maximum absolute atomic E-state index is 12.4. The molecule has 0 saturated carbocycles. The van der Waals surface area contributed by atoms with Crippen LogP contribution in [-0.2, 0) is 10.0 Å². The number of piperidine rings is 1. The minimum atomic E-state index is -3.45. The van der Waals surface area contributed by atoms with Crippen molar-refractivity contribution in [2.45, 2.75) is 31.2 Å². The lowest BCUT2D eigenvalue weighted by Crippen LogP contribution is -2.54. The average Bonchev–Trinajstić information content (AvgIpc) is 2.33. The molecule has 1 unspecified atom stereocenters. The fraction of sp³-hybridized carbons (Fsp3) is 0.583. The Kier molecular flexibility index (Phi) is 3.44. The van der Waals surface area contributed by atoms with Crippen LogP contribution in [0.4, 0.5) is 0 Å². The van der Waals surface area contributed by atoms with E-state index in [9.17, 15) is 8.42 Å². The molecule has 1 atom stereocenters. The number of nitrogens with two attached hydrogens (primary N) is 1. The van der Waals surface area contributed by atoms with Crippen LogP contribution in [0.15, 0.2) is 29.4 Å². The highest BCUT2D eigenvalue weighted by Gasteiger charge is 2.38. The van der Waals surface area contributed by atoms with Gasteiger partial charge < -0.3 is 5.73 Å². The number of hydrogen-bond acceptors (Lipinski definition) is 4. The van der Waals surface area contributed by atoms with Gasteiger partial charge in [-0.1, -0.05) is 13.8 Å². The molecule has 2 heterocycles. The average molecular weight is 269 g/mol. The van der Waals surface area contributed by atoms with Crippen molar-refractivity contribution in [1.29, 1.82) is 0 Å². The lowest BCUT2D eigenvalue weighted by molar-refractivity contribution is 0.161. The number of nitrogens with zero attached hydrogens (tertiary/aromatic N) is 2. The molecule has 1 saturated heterocycles. The molecule has 1 aromatic heterocycles. The van der Waals surface area contributed by atoms with E-state index in [0.29, 0.717) is 13.1 Å². The highest BCUT2D eigenvalue weighted by Crippen LogP contribution is 2.31. The molecular formula is C12H19N3O2S. The van der Waals surface area contributed by atoms with Crippen molar-refractivity contribution in [3.05, 3.63) is 24.5 Å². The SMILES string of the molecule is CC1(C)CCN(S(=O)(=O)c2cccnc2)CC1N. The van der Waals surface area contributed by atoms with Crippen LogP contribution < -0.4 is 5.73 Å². The van der Waals surface area contributed by atoms with Gasteiger partial charge in [0.2, 0.25) is 10.0 Å². The third-order valence-electron chi connectivity index (χ3n) is 3.68. The van der Waals surface area contributed by atoms with E-state index in [1.165, 1.54) is 10.5 Å². The van der Waals surface area contributed by atoms with Crippen LogP contribution in [0.3, 0.4) is 0 Å². The summed E-state index contributed by atoms with van der Waals surface area (Å²) in [5.74, 6) is 0. The van der Waals surface area contributed by atoms with Gasteiger partial charge in [0.1, 0.15) is 4.90 Å². The van der Waals surface area contributed by atoms with E-state index in [-0.39, 0.29) is 16.4 Å². The number of hydrogen-bond donors (Lipinski definition) is 1.